The smallest absolute Gasteiger partial charge is 0.241 e. The summed E-state index contributed by atoms with van der Waals surface area (Å²) in [4.78, 5) is 17.4. The third-order valence-electron chi connectivity index (χ3n) is 5.93. The van der Waals surface area contributed by atoms with Gasteiger partial charge in [0.15, 0.2) is 11.5 Å². The molecule has 8 heteroatoms. The van der Waals surface area contributed by atoms with Gasteiger partial charge >= 0.3 is 0 Å². The van der Waals surface area contributed by atoms with Gasteiger partial charge in [-0.2, -0.15) is 5.10 Å². The fraction of sp³-hybridized carbons (Fsp3) is 0.524. The number of rotatable bonds is 5. The second-order valence-corrected chi connectivity index (χ2v) is 7.83. The number of aromatic nitrogens is 2. The molecule has 0 bridgehead atoms. The molecule has 1 amide bonds. The van der Waals surface area contributed by atoms with Crippen molar-refractivity contribution >= 4 is 11.6 Å². The van der Waals surface area contributed by atoms with Gasteiger partial charge in [-0.15, -0.1) is 0 Å². The minimum absolute atomic E-state index is 0.0217. The Morgan fingerprint density at radius 2 is 1.90 bits per heavy atom. The Morgan fingerprint density at radius 3 is 2.59 bits per heavy atom. The quantitative estimate of drug-likeness (QED) is 0.828. The molecule has 8 nitrogen and oxygen atoms in total. The predicted octanol–water partition coefficient (Wildman–Crippen LogP) is 1.91. The highest BCUT2D eigenvalue weighted by Gasteiger charge is 2.27. The number of anilines is 1. The van der Waals surface area contributed by atoms with Gasteiger partial charge in [-0.1, -0.05) is 6.07 Å². The molecule has 0 spiro atoms. The number of nitrogens with one attached hydrogen (secondary N) is 1. The number of hydrogen-bond donors (Lipinski definition) is 1. The van der Waals surface area contributed by atoms with E-state index in [9.17, 15) is 4.79 Å². The Balaban J connectivity index is 1.30. The van der Waals surface area contributed by atoms with Crippen LogP contribution in [0.3, 0.4) is 0 Å². The molecule has 156 valence electrons. The van der Waals surface area contributed by atoms with Crippen LogP contribution in [0.4, 0.5) is 5.69 Å². The van der Waals surface area contributed by atoms with Gasteiger partial charge in [-0.05, 0) is 38.5 Å². The number of fused-ring (bicyclic) bond motifs is 1. The van der Waals surface area contributed by atoms with E-state index < -0.39 is 0 Å². The van der Waals surface area contributed by atoms with E-state index in [4.69, 9.17) is 9.47 Å². The Morgan fingerprint density at radius 1 is 1.17 bits per heavy atom. The second kappa shape index (κ2) is 8.04. The lowest BCUT2D eigenvalue weighted by Gasteiger charge is -2.37. The van der Waals surface area contributed by atoms with E-state index in [-0.39, 0.29) is 11.9 Å². The van der Waals surface area contributed by atoms with Crippen molar-refractivity contribution in [3.63, 3.8) is 0 Å². The Hall–Kier alpha value is -2.58. The molecule has 4 rings (SSSR count). The first-order chi connectivity index (χ1) is 13.9. The zero-order chi connectivity index (χ0) is 20.5. The maximum absolute atomic E-state index is 12.8. The third-order valence-corrected chi connectivity index (χ3v) is 5.93. The van der Waals surface area contributed by atoms with E-state index in [2.05, 4.69) is 32.3 Å². The molecule has 1 aromatic heterocycles. The highest BCUT2D eigenvalue weighted by atomic mass is 16.7. The molecule has 1 fully saturated rings. The van der Waals surface area contributed by atoms with Gasteiger partial charge in [0, 0.05) is 39.8 Å². The van der Waals surface area contributed by atoms with Gasteiger partial charge in [0.25, 0.3) is 0 Å². The molecule has 1 saturated heterocycles. The van der Waals surface area contributed by atoms with E-state index in [1.54, 1.807) is 4.68 Å². The van der Waals surface area contributed by atoms with Crippen molar-refractivity contribution in [3.8, 4) is 11.5 Å². The van der Waals surface area contributed by atoms with Crippen LogP contribution in [0, 0.1) is 13.8 Å². The third kappa shape index (κ3) is 4.09. The van der Waals surface area contributed by atoms with Crippen LogP contribution in [0.1, 0.15) is 23.9 Å². The van der Waals surface area contributed by atoms with Crippen LogP contribution in [-0.4, -0.2) is 64.5 Å². The number of nitrogens with zero attached hydrogens (tertiary/aromatic N) is 4. The summed E-state index contributed by atoms with van der Waals surface area (Å²) in [5.41, 5.74) is 3.86. The maximum atomic E-state index is 12.8. The number of piperazine rings is 1. The first-order valence-corrected chi connectivity index (χ1v) is 10.1. The highest BCUT2D eigenvalue weighted by Crippen LogP contribution is 2.32. The Bertz CT molecular complexity index is 902. The monoisotopic (exact) mass is 399 g/mol. The number of benzene rings is 1. The zero-order valence-electron chi connectivity index (χ0n) is 17.6. The summed E-state index contributed by atoms with van der Waals surface area (Å²) in [6, 6.07) is 5.95. The fourth-order valence-electron chi connectivity index (χ4n) is 3.95. The van der Waals surface area contributed by atoms with Crippen molar-refractivity contribution in [1.82, 2.24) is 19.6 Å². The molecule has 29 heavy (non-hydrogen) atoms. The van der Waals surface area contributed by atoms with Crippen molar-refractivity contribution in [2.45, 2.75) is 33.4 Å². The van der Waals surface area contributed by atoms with Gasteiger partial charge in [0.05, 0.1) is 23.1 Å². The maximum Gasteiger partial charge on any atom is 0.241 e. The molecule has 1 aromatic carbocycles. The molecule has 0 aliphatic carbocycles. The van der Waals surface area contributed by atoms with Crippen LogP contribution in [-0.2, 0) is 18.4 Å². The summed E-state index contributed by atoms with van der Waals surface area (Å²) in [6.07, 6.45) is 0. The first-order valence-electron chi connectivity index (χ1n) is 10.1. The minimum Gasteiger partial charge on any atom is -0.454 e. The van der Waals surface area contributed by atoms with E-state index in [1.807, 2.05) is 33.9 Å². The van der Waals surface area contributed by atoms with Crippen LogP contribution in [0.25, 0.3) is 0 Å². The summed E-state index contributed by atoms with van der Waals surface area (Å²) in [6.45, 7) is 10.6. The van der Waals surface area contributed by atoms with E-state index in [0.717, 1.165) is 61.3 Å². The van der Waals surface area contributed by atoms with Gasteiger partial charge < -0.3 is 14.8 Å². The number of carbonyl (C=O) groups is 1. The Labute approximate surface area is 171 Å². The lowest BCUT2D eigenvalue weighted by molar-refractivity contribution is -0.121. The lowest BCUT2D eigenvalue weighted by Crippen LogP contribution is -2.52. The van der Waals surface area contributed by atoms with Crippen LogP contribution < -0.4 is 14.8 Å². The molecule has 2 aliphatic rings. The first kappa shape index (κ1) is 19.7. The second-order valence-electron chi connectivity index (χ2n) is 7.83. The molecule has 0 unspecified atom stereocenters. The molecule has 3 heterocycles. The number of hydrogen-bond acceptors (Lipinski definition) is 6. The fourth-order valence-corrected chi connectivity index (χ4v) is 3.95. The van der Waals surface area contributed by atoms with E-state index >= 15 is 0 Å². The predicted molar refractivity (Wildman–Crippen MR) is 110 cm³/mol. The summed E-state index contributed by atoms with van der Waals surface area (Å²) >= 11 is 0. The molecule has 0 saturated carbocycles. The Kier molecular flexibility index (Phi) is 5.47. The minimum atomic E-state index is -0.179. The number of aryl methyl sites for hydroxylation is 2. The normalized spacial score (nSPS) is 18.1. The number of amides is 1. The summed E-state index contributed by atoms with van der Waals surface area (Å²) in [7, 11) is 1.89. The summed E-state index contributed by atoms with van der Waals surface area (Å²) < 4.78 is 12.6. The molecular formula is C21H29N5O3. The van der Waals surface area contributed by atoms with Crippen molar-refractivity contribution in [2.75, 3.05) is 38.3 Å². The number of ether oxygens (including phenoxy) is 2. The average molecular weight is 399 g/mol. The topological polar surface area (TPSA) is 71.9 Å². The van der Waals surface area contributed by atoms with Crippen molar-refractivity contribution < 1.29 is 14.3 Å². The van der Waals surface area contributed by atoms with Gasteiger partial charge in [-0.25, -0.2) is 0 Å². The van der Waals surface area contributed by atoms with Gasteiger partial charge in [0.2, 0.25) is 12.7 Å². The lowest BCUT2D eigenvalue weighted by atomic mass is 10.1. The van der Waals surface area contributed by atoms with E-state index in [1.165, 1.54) is 5.56 Å². The standard InChI is InChI=1S/C21H29N5O3/c1-14-20(15(2)24(4)23-14)22-21(27)16(3)26-9-7-25(8-10-26)12-17-5-6-18-19(11-17)29-13-28-18/h5-6,11,16H,7-10,12-13H2,1-4H3,(H,22,27)/t16-/m1/s1. The van der Waals surface area contributed by atoms with E-state index in [0.29, 0.717) is 6.79 Å². The summed E-state index contributed by atoms with van der Waals surface area (Å²) in [5, 5.41) is 7.44. The molecular weight excluding hydrogens is 370 g/mol. The van der Waals surface area contributed by atoms with Crippen LogP contribution >= 0.6 is 0 Å². The summed E-state index contributed by atoms with van der Waals surface area (Å²) in [5.74, 6) is 1.67. The number of carbonyl (C=O) groups excluding carboxylic acids is 1. The highest BCUT2D eigenvalue weighted by molar-refractivity contribution is 5.95. The molecule has 1 N–H and O–H groups in total. The largest absolute Gasteiger partial charge is 0.454 e. The molecule has 2 aliphatic heterocycles. The van der Waals surface area contributed by atoms with Crippen molar-refractivity contribution in [1.29, 1.82) is 0 Å². The molecule has 1 atom stereocenters. The van der Waals surface area contributed by atoms with Crippen LogP contribution in [0.5, 0.6) is 11.5 Å². The molecule has 2 aromatic rings. The van der Waals surface area contributed by atoms with Crippen LogP contribution in [0.2, 0.25) is 0 Å². The van der Waals surface area contributed by atoms with Crippen molar-refractivity contribution in [2.24, 2.45) is 7.05 Å². The average Bonchev–Trinajstić information content (AvgIpc) is 3.27. The zero-order valence-corrected chi connectivity index (χ0v) is 17.6. The van der Waals surface area contributed by atoms with Gasteiger partial charge in [-0.3, -0.25) is 19.3 Å². The SMILES string of the molecule is Cc1nn(C)c(C)c1NC(=O)[C@@H](C)N1CCN(Cc2ccc3c(c2)OCO3)CC1. The van der Waals surface area contributed by atoms with Gasteiger partial charge in [0.1, 0.15) is 0 Å². The van der Waals surface area contributed by atoms with Crippen LogP contribution in [0.15, 0.2) is 18.2 Å². The van der Waals surface area contributed by atoms with Crippen molar-refractivity contribution in [3.05, 3.63) is 35.2 Å². The molecule has 0 radical (unpaired) electrons.